The van der Waals surface area contributed by atoms with Crippen LogP contribution in [0.3, 0.4) is 0 Å². The van der Waals surface area contributed by atoms with Crippen LogP contribution in [0.4, 0.5) is 0 Å². The molecule has 4 rings (SSSR count). The van der Waals surface area contributed by atoms with Crippen LogP contribution in [0.15, 0.2) is 46.9 Å². The minimum atomic E-state index is -0.549. The first-order chi connectivity index (χ1) is 14.1. The van der Waals surface area contributed by atoms with Crippen LogP contribution in [0.25, 0.3) is 22.4 Å². The van der Waals surface area contributed by atoms with E-state index in [2.05, 4.69) is 10.3 Å². The number of esters is 1. The molecule has 1 N–H and O–H groups in total. The largest absolute Gasteiger partial charge is 0.460 e. The highest BCUT2D eigenvalue weighted by atomic mass is 16.5. The van der Waals surface area contributed by atoms with E-state index in [0.717, 1.165) is 31.4 Å². The number of pyridine rings is 1. The van der Waals surface area contributed by atoms with Crippen molar-refractivity contribution in [2.75, 3.05) is 6.61 Å². The van der Waals surface area contributed by atoms with Gasteiger partial charge in [-0.1, -0.05) is 37.5 Å². The minimum Gasteiger partial charge on any atom is -0.460 e. The number of hydrogen-bond donors (Lipinski definition) is 1. The molecule has 1 aromatic carbocycles. The number of carbonyl (C=O) groups is 2. The highest BCUT2D eigenvalue weighted by Gasteiger charge is 2.19. The normalized spacial score (nSPS) is 14.7. The fourth-order valence-corrected chi connectivity index (χ4v) is 3.77. The van der Waals surface area contributed by atoms with Gasteiger partial charge in [0.2, 0.25) is 0 Å². The van der Waals surface area contributed by atoms with Gasteiger partial charge in [0.05, 0.1) is 11.1 Å². The lowest BCUT2D eigenvalue weighted by molar-refractivity contribution is -0.125. The molecule has 3 aromatic rings. The van der Waals surface area contributed by atoms with E-state index < -0.39 is 5.97 Å². The van der Waals surface area contributed by atoms with Crippen molar-refractivity contribution in [3.05, 3.63) is 53.8 Å². The molecule has 1 aliphatic rings. The van der Waals surface area contributed by atoms with Gasteiger partial charge in [-0.25, -0.2) is 9.78 Å². The lowest BCUT2D eigenvalue weighted by Gasteiger charge is -2.22. The summed E-state index contributed by atoms with van der Waals surface area (Å²) < 4.78 is 11.0. The first-order valence-corrected chi connectivity index (χ1v) is 10.0. The third-order valence-corrected chi connectivity index (χ3v) is 5.23. The van der Waals surface area contributed by atoms with Crippen molar-refractivity contribution in [2.45, 2.75) is 45.1 Å². The SMILES string of the molecule is Cc1ccc(-c2cc(C(=O)OCC(=O)NC3CCCCC3)c3ccccc3n2)o1. The van der Waals surface area contributed by atoms with Crippen LogP contribution in [-0.4, -0.2) is 29.5 Å². The number of aromatic nitrogens is 1. The maximum absolute atomic E-state index is 12.8. The minimum absolute atomic E-state index is 0.186. The maximum atomic E-state index is 12.8. The van der Waals surface area contributed by atoms with E-state index in [4.69, 9.17) is 9.15 Å². The predicted octanol–water partition coefficient (Wildman–Crippen LogP) is 4.41. The van der Waals surface area contributed by atoms with Crippen LogP contribution in [0.2, 0.25) is 0 Å². The molecule has 1 amide bonds. The van der Waals surface area contributed by atoms with Gasteiger partial charge in [0.25, 0.3) is 5.91 Å². The first kappa shape index (κ1) is 19.2. The maximum Gasteiger partial charge on any atom is 0.339 e. The number of aryl methyl sites for hydroxylation is 1. The Labute approximate surface area is 169 Å². The summed E-state index contributed by atoms with van der Waals surface area (Å²) in [6.45, 7) is 1.56. The second kappa shape index (κ2) is 8.47. The molecule has 1 aliphatic carbocycles. The summed E-state index contributed by atoms with van der Waals surface area (Å²) in [5, 5.41) is 3.64. The molecule has 1 saturated carbocycles. The lowest BCUT2D eigenvalue weighted by Crippen LogP contribution is -2.38. The monoisotopic (exact) mass is 392 g/mol. The van der Waals surface area contributed by atoms with Crippen molar-refractivity contribution in [1.29, 1.82) is 0 Å². The van der Waals surface area contributed by atoms with Gasteiger partial charge in [0, 0.05) is 11.4 Å². The van der Waals surface area contributed by atoms with Gasteiger partial charge in [-0.05, 0) is 44.0 Å². The molecule has 6 heteroatoms. The Hall–Kier alpha value is -3.15. The van der Waals surface area contributed by atoms with E-state index in [1.54, 1.807) is 6.07 Å². The Morgan fingerprint density at radius 2 is 1.93 bits per heavy atom. The van der Waals surface area contributed by atoms with Gasteiger partial charge in [-0.15, -0.1) is 0 Å². The van der Waals surface area contributed by atoms with Crippen molar-refractivity contribution >= 4 is 22.8 Å². The summed E-state index contributed by atoms with van der Waals surface area (Å²) in [7, 11) is 0. The highest BCUT2D eigenvalue weighted by molar-refractivity contribution is 6.05. The molecule has 1 fully saturated rings. The predicted molar refractivity (Wildman–Crippen MR) is 109 cm³/mol. The van der Waals surface area contributed by atoms with Crippen molar-refractivity contribution < 1.29 is 18.7 Å². The zero-order valence-corrected chi connectivity index (χ0v) is 16.4. The fourth-order valence-electron chi connectivity index (χ4n) is 3.77. The van der Waals surface area contributed by atoms with E-state index in [0.29, 0.717) is 27.9 Å². The molecule has 150 valence electrons. The average Bonchev–Trinajstić information content (AvgIpc) is 3.18. The van der Waals surface area contributed by atoms with E-state index in [9.17, 15) is 9.59 Å². The van der Waals surface area contributed by atoms with Crippen molar-refractivity contribution in [3.8, 4) is 11.5 Å². The standard InChI is InChI=1S/C23H24N2O4/c1-15-11-12-21(29-15)20-13-18(17-9-5-6-10-19(17)25-20)23(27)28-14-22(26)24-16-7-3-2-4-8-16/h5-6,9-13,16H,2-4,7-8,14H2,1H3,(H,24,26). The number of carbonyl (C=O) groups excluding carboxylic acids is 2. The molecule has 0 atom stereocenters. The van der Waals surface area contributed by atoms with E-state index >= 15 is 0 Å². The molecule has 6 nitrogen and oxygen atoms in total. The number of nitrogens with one attached hydrogen (secondary N) is 1. The van der Waals surface area contributed by atoms with Crippen molar-refractivity contribution in [3.63, 3.8) is 0 Å². The Balaban J connectivity index is 1.52. The van der Waals surface area contributed by atoms with Crippen LogP contribution in [0.5, 0.6) is 0 Å². The van der Waals surface area contributed by atoms with Gasteiger partial charge >= 0.3 is 5.97 Å². The molecular weight excluding hydrogens is 368 g/mol. The summed E-state index contributed by atoms with van der Waals surface area (Å²) in [6.07, 6.45) is 5.45. The summed E-state index contributed by atoms with van der Waals surface area (Å²) in [5.41, 5.74) is 1.58. The van der Waals surface area contributed by atoms with Gasteiger partial charge in [0.1, 0.15) is 11.5 Å². The Morgan fingerprint density at radius 1 is 1.14 bits per heavy atom. The van der Waals surface area contributed by atoms with Crippen LogP contribution in [-0.2, 0) is 9.53 Å². The summed E-state index contributed by atoms with van der Waals surface area (Å²) in [4.78, 5) is 29.6. The number of amides is 1. The molecule has 0 spiro atoms. The molecule has 29 heavy (non-hydrogen) atoms. The summed E-state index contributed by atoms with van der Waals surface area (Å²) in [6, 6.07) is 12.9. The number of para-hydroxylation sites is 1. The molecule has 2 aromatic heterocycles. The Morgan fingerprint density at radius 3 is 2.69 bits per heavy atom. The van der Waals surface area contributed by atoms with Crippen molar-refractivity contribution in [2.24, 2.45) is 0 Å². The van der Waals surface area contributed by atoms with Crippen molar-refractivity contribution in [1.82, 2.24) is 10.3 Å². The number of benzene rings is 1. The first-order valence-electron chi connectivity index (χ1n) is 10.0. The molecule has 0 bridgehead atoms. The highest BCUT2D eigenvalue weighted by Crippen LogP contribution is 2.26. The third-order valence-electron chi connectivity index (χ3n) is 5.23. The van der Waals surface area contributed by atoms with Crippen LogP contribution < -0.4 is 5.32 Å². The second-order valence-corrected chi connectivity index (χ2v) is 7.46. The number of ether oxygens (including phenoxy) is 1. The van der Waals surface area contributed by atoms with Crippen LogP contribution in [0, 0.1) is 6.92 Å². The molecule has 0 radical (unpaired) electrons. The smallest absolute Gasteiger partial charge is 0.339 e. The molecular formula is C23H24N2O4. The summed E-state index contributed by atoms with van der Waals surface area (Å²) >= 11 is 0. The fraction of sp³-hybridized carbons (Fsp3) is 0.348. The number of rotatable bonds is 5. The molecule has 0 saturated heterocycles. The average molecular weight is 392 g/mol. The molecule has 0 aliphatic heterocycles. The quantitative estimate of drug-likeness (QED) is 0.651. The van der Waals surface area contributed by atoms with E-state index in [-0.39, 0.29) is 18.6 Å². The number of furan rings is 1. The topological polar surface area (TPSA) is 81.4 Å². The summed E-state index contributed by atoms with van der Waals surface area (Å²) in [5.74, 6) is 0.535. The van der Waals surface area contributed by atoms with Crippen LogP contribution >= 0.6 is 0 Å². The second-order valence-electron chi connectivity index (χ2n) is 7.46. The number of fused-ring (bicyclic) bond motifs is 1. The molecule has 0 unspecified atom stereocenters. The molecule has 2 heterocycles. The number of nitrogens with zero attached hydrogens (tertiary/aromatic N) is 1. The third kappa shape index (κ3) is 4.47. The van der Waals surface area contributed by atoms with Gasteiger partial charge in [-0.2, -0.15) is 0 Å². The number of hydrogen-bond acceptors (Lipinski definition) is 5. The van der Waals surface area contributed by atoms with E-state index in [1.807, 2.05) is 43.3 Å². The van der Waals surface area contributed by atoms with E-state index in [1.165, 1.54) is 6.42 Å². The zero-order chi connectivity index (χ0) is 20.2. The lowest BCUT2D eigenvalue weighted by atomic mass is 9.95. The van der Waals surface area contributed by atoms with Gasteiger partial charge in [0.15, 0.2) is 12.4 Å². The Kier molecular flexibility index (Phi) is 5.60. The van der Waals surface area contributed by atoms with Gasteiger partial charge in [-0.3, -0.25) is 4.79 Å². The van der Waals surface area contributed by atoms with Crippen LogP contribution in [0.1, 0.15) is 48.2 Å². The zero-order valence-electron chi connectivity index (χ0n) is 16.4. The van der Waals surface area contributed by atoms with Gasteiger partial charge < -0.3 is 14.5 Å². The Bertz CT molecular complexity index is 1030.